The summed E-state index contributed by atoms with van der Waals surface area (Å²) in [6.45, 7) is 7.70. The van der Waals surface area contributed by atoms with Gasteiger partial charge in [-0.25, -0.2) is 9.50 Å². The molecule has 0 saturated carbocycles. The molecule has 7 nitrogen and oxygen atoms in total. The fraction of sp³-hybridized carbons (Fsp3) is 0.368. The van der Waals surface area contributed by atoms with E-state index in [0.29, 0.717) is 29.3 Å². The van der Waals surface area contributed by atoms with Crippen LogP contribution >= 0.6 is 0 Å². The van der Waals surface area contributed by atoms with Crippen LogP contribution in [0.15, 0.2) is 30.5 Å². The Labute approximate surface area is 151 Å². The number of aromatic nitrogens is 4. The third-order valence-corrected chi connectivity index (χ3v) is 4.64. The molecule has 0 bridgehead atoms. The smallest absolute Gasteiger partial charge is 0.255 e. The Morgan fingerprint density at radius 3 is 2.88 bits per heavy atom. The van der Waals surface area contributed by atoms with E-state index in [9.17, 15) is 4.79 Å². The average Bonchev–Trinajstić information content (AvgIpc) is 2.95. The van der Waals surface area contributed by atoms with Crippen molar-refractivity contribution in [1.82, 2.24) is 24.9 Å². The van der Waals surface area contributed by atoms with E-state index in [2.05, 4.69) is 20.4 Å². The van der Waals surface area contributed by atoms with Crippen molar-refractivity contribution in [1.29, 1.82) is 0 Å². The second kappa shape index (κ2) is 5.79. The molecule has 0 saturated heterocycles. The van der Waals surface area contributed by atoms with Gasteiger partial charge in [-0.1, -0.05) is 18.2 Å². The number of amides is 1. The lowest BCUT2D eigenvalue weighted by Gasteiger charge is -2.37. The van der Waals surface area contributed by atoms with Crippen LogP contribution in [-0.4, -0.2) is 31.1 Å². The van der Waals surface area contributed by atoms with E-state index < -0.39 is 0 Å². The summed E-state index contributed by atoms with van der Waals surface area (Å²) in [7, 11) is 0. The van der Waals surface area contributed by atoms with Gasteiger partial charge in [-0.2, -0.15) is 10.1 Å². The third-order valence-electron chi connectivity index (χ3n) is 4.64. The van der Waals surface area contributed by atoms with Gasteiger partial charge in [0.25, 0.3) is 11.7 Å². The van der Waals surface area contributed by atoms with Crippen LogP contribution in [0.1, 0.15) is 53.7 Å². The molecule has 1 N–H and O–H groups in total. The summed E-state index contributed by atoms with van der Waals surface area (Å²) < 4.78 is 7.64. The number of carbonyl (C=O) groups excluding carboxylic acids is 1. The van der Waals surface area contributed by atoms with Crippen molar-refractivity contribution in [3.05, 3.63) is 53.1 Å². The van der Waals surface area contributed by atoms with Gasteiger partial charge in [0.05, 0.1) is 17.3 Å². The third kappa shape index (κ3) is 2.79. The number of para-hydroxylation sites is 1. The highest BCUT2D eigenvalue weighted by molar-refractivity contribution is 5.95. The monoisotopic (exact) mass is 351 g/mol. The molecule has 1 amide bonds. The Morgan fingerprint density at radius 2 is 2.08 bits per heavy atom. The van der Waals surface area contributed by atoms with Crippen molar-refractivity contribution >= 4 is 11.7 Å². The first-order valence-electron chi connectivity index (χ1n) is 8.62. The number of nitrogens with one attached hydrogen (secondary N) is 1. The molecule has 2 aromatic heterocycles. The molecule has 26 heavy (non-hydrogen) atoms. The Morgan fingerprint density at radius 1 is 1.31 bits per heavy atom. The van der Waals surface area contributed by atoms with Gasteiger partial charge in [0.2, 0.25) is 0 Å². The van der Waals surface area contributed by atoms with E-state index in [-0.39, 0.29) is 17.6 Å². The van der Waals surface area contributed by atoms with Gasteiger partial charge in [-0.15, -0.1) is 0 Å². The van der Waals surface area contributed by atoms with Crippen LogP contribution in [0.3, 0.4) is 0 Å². The largest absolute Gasteiger partial charge is 0.487 e. The Balaban J connectivity index is 1.67. The summed E-state index contributed by atoms with van der Waals surface area (Å²) in [5, 5.41) is 7.44. The van der Waals surface area contributed by atoms with Crippen LogP contribution in [0, 0.1) is 13.8 Å². The number of rotatable bonds is 2. The Bertz CT molecular complexity index is 1010. The maximum absolute atomic E-state index is 13.0. The van der Waals surface area contributed by atoms with Gasteiger partial charge in [-0.05, 0) is 33.8 Å². The van der Waals surface area contributed by atoms with Gasteiger partial charge in [0.15, 0.2) is 0 Å². The number of aryl methyl sites for hydroxylation is 2. The number of carbonyl (C=O) groups is 1. The first-order chi connectivity index (χ1) is 12.3. The highest BCUT2D eigenvalue weighted by Crippen LogP contribution is 2.39. The van der Waals surface area contributed by atoms with Crippen LogP contribution < -0.4 is 10.1 Å². The quantitative estimate of drug-likeness (QED) is 0.768. The molecule has 1 atom stereocenters. The number of benzene rings is 1. The van der Waals surface area contributed by atoms with Crippen molar-refractivity contribution in [3.63, 3.8) is 0 Å². The predicted molar refractivity (Wildman–Crippen MR) is 96.2 cm³/mol. The molecule has 1 aromatic carbocycles. The molecule has 1 aliphatic rings. The van der Waals surface area contributed by atoms with Gasteiger partial charge in [-0.3, -0.25) is 4.79 Å². The fourth-order valence-corrected chi connectivity index (χ4v) is 3.43. The molecule has 134 valence electrons. The highest BCUT2D eigenvalue weighted by Gasteiger charge is 2.34. The SMILES string of the molecule is Cc1nc2ncc(C(=O)NC3CC(C)(C)Oc4ccccc43)c(C)n2n1. The first-order valence-corrected chi connectivity index (χ1v) is 8.62. The van der Waals surface area contributed by atoms with E-state index in [1.165, 1.54) is 0 Å². The first kappa shape index (κ1) is 16.5. The fourth-order valence-electron chi connectivity index (χ4n) is 3.43. The molecular formula is C19H21N5O2. The second-order valence-corrected chi connectivity index (χ2v) is 7.26. The van der Waals surface area contributed by atoms with Crippen LogP contribution in [0.2, 0.25) is 0 Å². The molecule has 0 aliphatic carbocycles. The van der Waals surface area contributed by atoms with Crippen molar-refractivity contribution in [2.45, 2.75) is 45.8 Å². The minimum absolute atomic E-state index is 0.130. The summed E-state index contributed by atoms with van der Waals surface area (Å²) in [6.07, 6.45) is 2.25. The molecule has 0 spiro atoms. The highest BCUT2D eigenvalue weighted by atomic mass is 16.5. The number of nitrogens with zero attached hydrogens (tertiary/aromatic N) is 4. The molecule has 0 radical (unpaired) electrons. The summed E-state index contributed by atoms with van der Waals surface area (Å²) in [6, 6.07) is 7.69. The Hall–Kier alpha value is -2.96. The summed E-state index contributed by atoms with van der Waals surface area (Å²) in [4.78, 5) is 21.4. The predicted octanol–water partition coefficient (Wildman–Crippen LogP) is 2.77. The molecule has 7 heteroatoms. The van der Waals surface area contributed by atoms with Crippen molar-refractivity contribution in [2.75, 3.05) is 0 Å². The lowest BCUT2D eigenvalue weighted by Crippen LogP contribution is -2.41. The van der Waals surface area contributed by atoms with E-state index in [1.807, 2.05) is 45.0 Å². The molecule has 1 unspecified atom stereocenters. The molecule has 0 fully saturated rings. The lowest BCUT2D eigenvalue weighted by atomic mass is 9.89. The van der Waals surface area contributed by atoms with E-state index in [4.69, 9.17) is 4.74 Å². The number of hydrogen-bond donors (Lipinski definition) is 1. The lowest BCUT2D eigenvalue weighted by molar-refractivity contribution is 0.0619. The molecule has 4 rings (SSSR count). The van der Waals surface area contributed by atoms with Gasteiger partial charge in [0.1, 0.15) is 17.2 Å². The zero-order valence-electron chi connectivity index (χ0n) is 15.3. The number of fused-ring (bicyclic) bond motifs is 2. The zero-order chi connectivity index (χ0) is 18.5. The topological polar surface area (TPSA) is 81.4 Å². The molecular weight excluding hydrogens is 330 g/mol. The van der Waals surface area contributed by atoms with E-state index >= 15 is 0 Å². The van der Waals surface area contributed by atoms with Crippen LogP contribution in [0.5, 0.6) is 5.75 Å². The zero-order valence-corrected chi connectivity index (χ0v) is 15.3. The van der Waals surface area contributed by atoms with Crippen molar-refractivity contribution < 1.29 is 9.53 Å². The molecule has 3 heterocycles. The normalized spacial score (nSPS) is 18.2. The number of hydrogen-bond acceptors (Lipinski definition) is 5. The minimum atomic E-state index is -0.355. The average molecular weight is 351 g/mol. The summed E-state index contributed by atoms with van der Waals surface area (Å²) in [5.41, 5.74) is 1.84. The van der Waals surface area contributed by atoms with Gasteiger partial charge < -0.3 is 10.1 Å². The van der Waals surface area contributed by atoms with Gasteiger partial charge in [0, 0.05) is 18.2 Å². The maximum atomic E-state index is 13.0. The Kier molecular flexibility index (Phi) is 3.68. The van der Waals surface area contributed by atoms with E-state index in [0.717, 1.165) is 11.3 Å². The van der Waals surface area contributed by atoms with Crippen LogP contribution in [0.4, 0.5) is 0 Å². The van der Waals surface area contributed by atoms with Crippen LogP contribution in [-0.2, 0) is 0 Å². The standard InChI is InChI=1S/C19H21N5O2/c1-11-14(10-20-18-21-12(2)23-24(11)18)17(25)22-15-9-19(3,4)26-16-8-6-5-7-13(15)16/h5-8,10,15H,9H2,1-4H3,(H,22,25). The summed E-state index contributed by atoms with van der Waals surface area (Å²) in [5.74, 6) is 1.75. The minimum Gasteiger partial charge on any atom is -0.487 e. The summed E-state index contributed by atoms with van der Waals surface area (Å²) >= 11 is 0. The second-order valence-electron chi connectivity index (χ2n) is 7.26. The maximum Gasteiger partial charge on any atom is 0.255 e. The van der Waals surface area contributed by atoms with Gasteiger partial charge >= 0.3 is 0 Å². The number of ether oxygens (including phenoxy) is 1. The molecule has 1 aliphatic heterocycles. The van der Waals surface area contributed by atoms with Crippen molar-refractivity contribution in [3.8, 4) is 5.75 Å². The van der Waals surface area contributed by atoms with Crippen LogP contribution in [0.25, 0.3) is 5.78 Å². The van der Waals surface area contributed by atoms with Crippen molar-refractivity contribution in [2.24, 2.45) is 0 Å². The van der Waals surface area contributed by atoms with E-state index in [1.54, 1.807) is 17.6 Å². The molecule has 3 aromatic rings.